The van der Waals surface area contributed by atoms with Crippen LogP contribution in [0.15, 0.2) is 29.2 Å². The Labute approximate surface area is 154 Å². The third-order valence-electron chi connectivity index (χ3n) is 4.43. The number of carbonyl (C=O) groups excluding carboxylic acids is 1. The molecule has 144 valence electrons. The predicted octanol–water partition coefficient (Wildman–Crippen LogP) is 1.77. The van der Waals surface area contributed by atoms with Crippen LogP contribution in [-0.2, 0) is 26.0 Å². The first-order valence-corrected chi connectivity index (χ1v) is 10.4. The molecule has 1 fully saturated rings. The molecule has 1 aromatic carbocycles. The first kappa shape index (κ1) is 20.4. The molecule has 0 bridgehead atoms. The maximum Gasteiger partial charge on any atom is 0.305 e. The first-order chi connectivity index (χ1) is 12.4. The Hall–Kier alpha value is -1.93. The molecule has 0 radical (unpaired) electrons. The number of hydrogen-bond acceptors (Lipinski definition) is 4. The molecule has 2 rings (SSSR count). The minimum Gasteiger partial charge on any atom is -0.481 e. The number of carboxylic acids is 1. The topological polar surface area (TPSA) is 104 Å². The summed E-state index contributed by atoms with van der Waals surface area (Å²) in [5, 5.41) is 11.1. The van der Waals surface area contributed by atoms with Crippen LogP contribution in [0.3, 0.4) is 0 Å². The van der Waals surface area contributed by atoms with Crippen molar-refractivity contribution in [2.24, 2.45) is 0 Å². The third-order valence-corrected chi connectivity index (χ3v) is 6.34. The quantitative estimate of drug-likeness (QED) is 0.713. The van der Waals surface area contributed by atoms with Crippen LogP contribution in [0.4, 0.5) is 0 Å². The largest absolute Gasteiger partial charge is 0.481 e. The van der Waals surface area contributed by atoms with Gasteiger partial charge in [0.15, 0.2) is 0 Å². The van der Waals surface area contributed by atoms with Gasteiger partial charge in [-0.15, -0.1) is 0 Å². The second-order valence-corrected chi connectivity index (χ2v) is 8.39. The van der Waals surface area contributed by atoms with E-state index in [1.54, 1.807) is 28.6 Å². The van der Waals surface area contributed by atoms with Gasteiger partial charge in [-0.25, -0.2) is 8.42 Å². The van der Waals surface area contributed by atoms with Crippen LogP contribution in [0.2, 0.25) is 0 Å². The van der Waals surface area contributed by atoms with Gasteiger partial charge in [0, 0.05) is 26.1 Å². The fraction of sp³-hybridized carbons (Fsp3) is 0.556. The van der Waals surface area contributed by atoms with Gasteiger partial charge in [0.05, 0.1) is 11.3 Å². The number of hydrogen-bond donors (Lipinski definition) is 2. The monoisotopic (exact) mass is 382 g/mol. The predicted molar refractivity (Wildman–Crippen MR) is 97.3 cm³/mol. The summed E-state index contributed by atoms with van der Waals surface area (Å²) in [5.41, 5.74) is 0.869. The molecule has 1 amide bonds. The summed E-state index contributed by atoms with van der Waals surface area (Å²) in [6.45, 7) is 1.25. The number of nitrogens with one attached hydrogen (secondary N) is 1. The van der Waals surface area contributed by atoms with Crippen molar-refractivity contribution in [3.05, 3.63) is 29.8 Å². The Kier molecular flexibility index (Phi) is 7.59. The fourth-order valence-electron chi connectivity index (χ4n) is 2.91. The summed E-state index contributed by atoms with van der Waals surface area (Å²) in [4.78, 5) is 22.3. The van der Waals surface area contributed by atoms with Crippen LogP contribution in [0.1, 0.15) is 44.1 Å². The molecular weight excluding hydrogens is 356 g/mol. The lowest BCUT2D eigenvalue weighted by Crippen LogP contribution is -2.31. The van der Waals surface area contributed by atoms with Crippen molar-refractivity contribution >= 4 is 21.9 Å². The van der Waals surface area contributed by atoms with Crippen molar-refractivity contribution in [2.45, 2.75) is 49.8 Å². The molecule has 0 saturated carbocycles. The van der Waals surface area contributed by atoms with Crippen molar-refractivity contribution in [3.63, 3.8) is 0 Å². The Bertz CT molecular complexity index is 708. The van der Waals surface area contributed by atoms with E-state index in [9.17, 15) is 18.0 Å². The minimum atomic E-state index is -3.46. The number of rotatable bonds is 8. The smallest absolute Gasteiger partial charge is 0.305 e. The molecule has 1 saturated heterocycles. The normalized spacial score (nSPS) is 16.0. The number of carbonyl (C=O) groups is 2. The van der Waals surface area contributed by atoms with Gasteiger partial charge in [0.1, 0.15) is 0 Å². The Morgan fingerprint density at radius 3 is 2.19 bits per heavy atom. The van der Waals surface area contributed by atoms with Gasteiger partial charge in [0.25, 0.3) is 0 Å². The van der Waals surface area contributed by atoms with Crippen molar-refractivity contribution in [2.75, 3.05) is 19.6 Å². The maximum absolute atomic E-state index is 12.7. The lowest BCUT2D eigenvalue weighted by Gasteiger charge is -2.20. The maximum atomic E-state index is 12.7. The molecule has 0 spiro atoms. The Morgan fingerprint density at radius 2 is 1.62 bits per heavy atom. The van der Waals surface area contributed by atoms with Crippen molar-refractivity contribution in [1.82, 2.24) is 9.62 Å². The van der Waals surface area contributed by atoms with Gasteiger partial charge >= 0.3 is 5.97 Å². The zero-order valence-corrected chi connectivity index (χ0v) is 15.6. The average Bonchev–Trinajstić information content (AvgIpc) is 2.90. The van der Waals surface area contributed by atoms with E-state index in [0.717, 1.165) is 31.2 Å². The van der Waals surface area contributed by atoms with Gasteiger partial charge in [0.2, 0.25) is 15.9 Å². The zero-order chi connectivity index (χ0) is 19.0. The number of carboxylic acid groups (broad SMARTS) is 1. The van der Waals surface area contributed by atoms with E-state index in [1.807, 2.05) is 0 Å². The summed E-state index contributed by atoms with van der Waals surface area (Å²) in [6.07, 6.45) is 4.54. The summed E-state index contributed by atoms with van der Waals surface area (Å²) in [7, 11) is -3.46. The highest BCUT2D eigenvalue weighted by Crippen LogP contribution is 2.21. The lowest BCUT2D eigenvalue weighted by molar-refractivity contribution is -0.136. The summed E-state index contributed by atoms with van der Waals surface area (Å²) in [5.74, 6) is -1.17. The van der Waals surface area contributed by atoms with Crippen LogP contribution in [-0.4, -0.2) is 49.3 Å². The van der Waals surface area contributed by atoms with Gasteiger partial charge in [-0.05, 0) is 37.0 Å². The summed E-state index contributed by atoms with van der Waals surface area (Å²) < 4.78 is 27.0. The number of aryl methyl sites for hydroxylation is 1. The van der Waals surface area contributed by atoms with Crippen molar-refractivity contribution < 1.29 is 23.1 Å². The van der Waals surface area contributed by atoms with Gasteiger partial charge in [-0.2, -0.15) is 4.31 Å². The number of aliphatic carboxylic acids is 1. The average molecular weight is 382 g/mol. The van der Waals surface area contributed by atoms with Crippen LogP contribution in [0, 0.1) is 0 Å². The molecule has 7 nitrogen and oxygen atoms in total. The van der Waals surface area contributed by atoms with E-state index in [-0.39, 0.29) is 30.2 Å². The number of sulfonamides is 1. The molecule has 1 aliphatic heterocycles. The van der Waals surface area contributed by atoms with E-state index in [2.05, 4.69) is 5.32 Å². The zero-order valence-electron chi connectivity index (χ0n) is 14.8. The Morgan fingerprint density at radius 1 is 1.00 bits per heavy atom. The lowest BCUT2D eigenvalue weighted by atomic mass is 10.1. The number of amides is 1. The van der Waals surface area contributed by atoms with E-state index in [0.29, 0.717) is 19.5 Å². The molecule has 0 unspecified atom stereocenters. The van der Waals surface area contributed by atoms with Gasteiger partial charge in [-0.3, -0.25) is 9.59 Å². The molecule has 0 atom stereocenters. The van der Waals surface area contributed by atoms with E-state index >= 15 is 0 Å². The van der Waals surface area contributed by atoms with E-state index in [4.69, 9.17) is 5.11 Å². The van der Waals surface area contributed by atoms with Crippen LogP contribution < -0.4 is 5.32 Å². The highest BCUT2D eigenvalue weighted by atomic mass is 32.2. The van der Waals surface area contributed by atoms with E-state index < -0.39 is 16.0 Å². The molecule has 0 aliphatic carbocycles. The molecule has 26 heavy (non-hydrogen) atoms. The Balaban J connectivity index is 1.89. The molecule has 8 heteroatoms. The minimum absolute atomic E-state index is 0.102. The molecular formula is C18H26N2O5S. The van der Waals surface area contributed by atoms with Crippen LogP contribution in [0.5, 0.6) is 0 Å². The first-order valence-electron chi connectivity index (χ1n) is 8.97. The molecule has 1 aromatic rings. The molecule has 2 N–H and O–H groups in total. The van der Waals surface area contributed by atoms with Crippen LogP contribution >= 0.6 is 0 Å². The highest BCUT2D eigenvalue weighted by Gasteiger charge is 2.24. The third kappa shape index (κ3) is 6.10. The molecule has 1 aliphatic rings. The second kappa shape index (κ2) is 9.68. The standard InChI is InChI=1S/C18H26N2O5S/c21-17(19-12-11-18(22)23)10-7-15-5-8-16(9-6-15)26(24,25)20-13-3-1-2-4-14-20/h5-6,8-9H,1-4,7,10-14H2,(H,19,21)(H,22,23). The fourth-order valence-corrected chi connectivity index (χ4v) is 4.43. The van der Waals surface area contributed by atoms with Crippen molar-refractivity contribution in [3.8, 4) is 0 Å². The van der Waals surface area contributed by atoms with Gasteiger partial charge < -0.3 is 10.4 Å². The second-order valence-electron chi connectivity index (χ2n) is 6.46. The molecule has 0 aromatic heterocycles. The van der Waals surface area contributed by atoms with Crippen molar-refractivity contribution in [1.29, 1.82) is 0 Å². The summed E-state index contributed by atoms with van der Waals surface area (Å²) >= 11 is 0. The highest BCUT2D eigenvalue weighted by molar-refractivity contribution is 7.89. The van der Waals surface area contributed by atoms with Crippen LogP contribution in [0.25, 0.3) is 0 Å². The number of benzene rings is 1. The molecule has 1 heterocycles. The number of nitrogens with zero attached hydrogens (tertiary/aromatic N) is 1. The summed E-state index contributed by atoms with van der Waals surface area (Å²) in [6, 6.07) is 6.65. The van der Waals surface area contributed by atoms with Gasteiger partial charge in [-0.1, -0.05) is 25.0 Å². The SMILES string of the molecule is O=C(O)CCNC(=O)CCc1ccc(S(=O)(=O)N2CCCCCC2)cc1. The van der Waals surface area contributed by atoms with E-state index in [1.165, 1.54) is 0 Å².